The monoisotopic (exact) mass is 289 g/mol. The molecule has 0 saturated carbocycles. The molecule has 106 valence electrons. The van der Waals surface area contributed by atoms with E-state index in [1.807, 2.05) is 42.5 Å². The van der Waals surface area contributed by atoms with Gasteiger partial charge in [0.2, 0.25) is 0 Å². The Labute approximate surface area is 120 Å². The lowest BCUT2D eigenvalue weighted by atomic mass is 10.00. The number of rotatable bonds is 5. The minimum atomic E-state index is -3.21. The van der Waals surface area contributed by atoms with Crippen molar-refractivity contribution in [2.75, 3.05) is 5.75 Å². The van der Waals surface area contributed by atoms with Crippen molar-refractivity contribution in [1.29, 1.82) is 0 Å². The normalized spacial score (nSPS) is 13.1. The smallest absolute Gasteiger partial charge is 0.178 e. The average molecular weight is 289 g/mol. The highest BCUT2D eigenvalue weighted by Gasteiger charge is 2.18. The maximum absolute atomic E-state index is 12.1. The van der Waals surface area contributed by atoms with E-state index >= 15 is 0 Å². The summed E-state index contributed by atoms with van der Waals surface area (Å²) in [5, 5.41) is 0. The zero-order valence-electron chi connectivity index (χ0n) is 11.5. The van der Waals surface area contributed by atoms with E-state index in [1.54, 1.807) is 19.1 Å². The van der Waals surface area contributed by atoms with Gasteiger partial charge in [0.05, 0.1) is 10.6 Å². The van der Waals surface area contributed by atoms with Gasteiger partial charge in [-0.25, -0.2) is 8.42 Å². The maximum Gasteiger partial charge on any atom is 0.178 e. The summed E-state index contributed by atoms with van der Waals surface area (Å²) in [5.41, 5.74) is 7.98. The lowest BCUT2D eigenvalue weighted by molar-refractivity contribution is 0.594. The van der Waals surface area contributed by atoms with Gasteiger partial charge in [-0.3, -0.25) is 0 Å². The van der Waals surface area contributed by atoms with Crippen molar-refractivity contribution in [2.24, 2.45) is 5.73 Å². The highest BCUT2D eigenvalue weighted by atomic mass is 32.2. The number of nitrogens with two attached hydrogens (primary N) is 1. The standard InChI is InChI=1S/C16H19NO2S/c1-2-20(18,19)16-11-7-6-10-14(16)12-15(17)13-8-4-3-5-9-13/h3-11,15H,2,12,17H2,1H3. The minimum Gasteiger partial charge on any atom is -0.324 e. The lowest BCUT2D eigenvalue weighted by Crippen LogP contribution is -2.16. The third-order valence-corrected chi connectivity index (χ3v) is 5.18. The maximum atomic E-state index is 12.1. The highest BCUT2D eigenvalue weighted by Crippen LogP contribution is 2.22. The Hall–Kier alpha value is -1.65. The topological polar surface area (TPSA) is 60.2 Å². The number of sulfone groups is 1. The molecule has 0 aromatic heterocycles. The van der Waals surface area contributed by atoms with Crippen LogP contribution in [0.4, 0.5) is 0 Å². The molecule has 0 aliphatic rings. The van der Waals surface area contributed by atoms with Gasteiger partial charge in [0, 0.05) is 6.04 Å². The van der Waals surface area contributed by atoms with Gasteiger partial charge in [0.15, 0.2) is 9.84 Å². The minimum absolute atomic E-state index is 0.102. The first-order chi connectivity index (χ1) is 9.54. The highest BCUT2D eigenvalue weighted by molar-refractivity contribution is 7.91. The van der Waals surface area contributed by atoms with Gasteiger partial charge in [-0.05, 0) is 23.6 Å². The first kappa shape index (κ1) is 14.8. The van der Waals surface area contributed by atoms with E-state index in [2.05, 4.69) is 0 Å². The van der Waals surface area contributed by atoms with Crippen molar-refractivity contribution in [3.05, 3.63) is 65.7 Å². The average Bonchev–Trinajstić information content (AvgIpc) is 2.48. The van der Waals surface area contributed by atoms with Gasteiger partial charge >= 0.3 is 0 Å². The molecule has 2 aromatic carbocycles. The Bertz CT molecular complexity index is 666. The summed E-state index contributed by atoms with van der Waals surface area (Å²) in [5.74, 6) is 0.102. The second-order valence-electron chi connectivity index (χ2n) is 4.73. The molecule has 0 spiro atoms. The summed E-state index contributed by atoms with van der Waals surface area (Å²) in [4.78, 5) is 0.397. The molecule has 3 nitrogen and oxygen atoms in total. The quantitative estimate of drug-likeness (QED) is 0.920. The molecule has 0 saturated heterocycles. The van der Waals surface area contributed by atoms with Gasteiger partial charge in [-0.1, -0.05) is 55.5 Å². The van der Waals surface area contributed by atoms with Crippen molar-refractivity contribution in [3.8, 4) is 0 Å². The fraction of sp³-hybridized carbons (Fsp3) is 0.250. The van der Waals surface area contributed by atoms with Gasteiger partial charge in [-0.15, -0.1) is 0 Å². The summed E-state index contributed by atoms with van der Waals surface area (Å²) in [6.45, 7) is 1.66. The molecule has 0 aliphatic heterocycles. The number of benzene rings is 2. The summed E-state index contributed by atoms with van der Waals surface area (Å²) in [6.07, 6.45) is 0.513. The van der Waals surface area contributed by atoms with E-state index in [1.165, 1.54) is 0 Å². The van der Waals surface area contributed by atoms with Crippen LogP contribution in [-0.2, 0) is 16.3 Å². The van der Waals surface area contributed by atoms with E-state index in [4.69, 9.17) is 5.73 Å². The van der Waals surface area contributed by atoms with Crippen LogP contribution in [0.1, 0.15) is 24.1 Å². The van der Waals surface area contributed by atoms with Gasteiger partial charge < -0.3 is 5.73 Å². The van der Waals surface area contributed by atoms with Crippen LogP contribution in [0.2, 0.25) is 0 Å². The largest absolute Gasteiger partial charge is 0.324 e. The van der Waals surface area contributed by atoms with Gasteiger partial charge in [0.25, 0.3) is 0 Å². The molecule has 20 heavy (non-hydrogen) atoms. The molecule has 0 fully saturated rings. The third kappa shape index (κ3) is 3.26. The Kier molecular flexibility index (Phi) is 4.57. The molecule has 0 amide bonds. The van der Waals surface area contributed by atoms with Crippen LogP contribution in [0.15, 0.2) is 59.5 Å². The Morgan fingerprint density at radius 3 is 2.25 bits per heavy atom. The van der Waals surface area contributed by atoms with Crippen LogP contribution in [-0.4, -0.2) is 14.2 Å². The number of hydrogen-bond acceptors (Lipinski definition) is 3. The molecule has 0 radical (unpaired) electrons. The fourth-order valence-electron chi connectivity index (χ4n) is 2.19. The molecule has 1 atom stereocenters. The van der Waals surface area contributed by atoms with Crippen LogP contribution in [0.25, 0.3) is 0 Å². The third-order valence-electron chi connectivity index (χ3n) is 3.36. The van der Waals surface area contributed by atoms with Crippen LogP contribution in [0.5, 0.6) is 0 Å². The van der Waals surface area contributed by atoms with Crippen LogP contribution >= 0.6 is 0 Å². The molecule has 2 N–H and O–H groups in total. The summed E-state index contributed by atoms with van der Waals surface area (Å²) in [6, 6.07) is 16.6. The van der Waals surface area contributed by atoms with Crippen LogP contribution in [0, 0.1) is 0 Å². The molecular weight excluding hydrogens is 270 g/mol. The van der Waals surface area contributed by atoms with Gasteiger partial charge in [0.1, 0.15) is 0 Å². The Morgan fingerprint density at radius 1 is 1.00 bits per heavy atom. The van der Waals surface area contributed by atoms with Crippen molar-refractivity contribution < 1.29 is 8.42 Å². The summed E-state index contributed by atoms with van der Waals surface area (Å²) >= 11 is 0. The van der Waals surface area contributed by atoms with E-state index in [-0.39, 0.29) is 11.8 Å². The van der Waals surface area contributed by atoms with Crippen LogP contribution in [0.3, 0.4) is 0 Å². The molecule has 2 aromatic rings. The SMILES string of the molecule is CCS(=O)(=O)c1ccccc1CC(N)c1ccccc1. The summed E-state index contributed by atoms with van der Waals surface area (Å²) in [7, 11) is -3.21. The molecule has 0 heterocycles. The number of hydrogen-bond donors (Lipinski definition) is 1. The second-order valence-corrected chi connectivity index (χ2v) is 6.98. The van der Waals surface area contributed by atoms with Crippen LogP contribution < -0.4 is 5.73 Å². The summed E-state index contributed by atoms with van der Waals surface area (Å²) < 4.78 is 24.2. The van der Waals surface area contributed by atoms with Crippen molar-refractivity contribution in [2.45, 2.75) is 24.3 Å². The molecule has 2 rings (SSSR count). The van der Waals surface area contributed by atoms with Gasteiger partial charge in [-0.2, -0.15) is 0 Å². The Balaban J connectivity index is 2.31. The van der Waals surface area contributed by atoms with E-state index in [0.717, 1.165) is 11.1 Å². The van der Waals surface area contributed by atoms with E-state index in [9.17, 15) is 8.42 Å². The molecule has 1 unspecified atom stereocenters. The first-order valence-electron chi connectivity index (χ1n) is 6.66. The first-order valence-corrected chi connectivity index (χ1v) is 8.31. The fourth-order valence-corrected chi connectivity index (χ4v) is 3.33. The van der Waals surface area contributed by atoms with Crippen molar-refractivity contribution in [3.63, 3.8) is 0 Å². The molecular formula is C16H19NO2S. The predicted molar refractivity (Wildman–Crippen MR) is 81.2 cm³/mol. The lowest BCUT2D eigenvalue weighted by Gasteiger charge is -2.15. The Morgan fingerprint density at radius 2 is 1.60 bits per heavy atom. The second kappa shape index (κ2) is 6.20. The molecule has 4 heteroatoms. The zero-order valence-corrected chi connectivity index (χ0v) is 12.3. The van der Waals surface area contributed by atoms with Crippen molar-refractivity contribution >= 4 is 9.84 Å². The van der Waals surface area contributed by atoms with E-state index < -0.39 is 9.84 Å². The molecule has 0 bridgehead atoms. The van der Waals surface area contributed by atoms with E-state index in [0.29, 0.717) is 11.3 Å². The molecule has 0 aliphatic carbocycles. The predicted octanol–water partition coefficient (Wildman–Crippen LogP) is 2.72. The zero-order chi connectivity index (χ0) is 14.6. The van der Waals surface area contributed by atoms with Crippen molar-refractivity contribution in [1.82, 2.24) is 0 Å².